The zero-order valence-electron chi connectivity index (χ0n) is 20.7. The highest BCUT2D eigenvalue weighted by Gasteiger charge is 2.47. The average molecular weight is 521 g/mol. The van der Waals surface area contributed by atoms with Crippen molar-refractivity contribution in [2.24, 2.45) is 0 Å². The first kappa shape index (κ1) is 25.4. The average Bonchev–Trinajstić information content (AvgIpc) is 3.36. The molecule has 0 saturated heterocycles. The zero-order chi connectivity index (χ0) is 26.7. The van der Waals surface area contributed by atoms with Crippen LogP contribution in [0, 0.1) is 0 Å². The van der Waals surface area contributed by atoms with Crippen LogP contribution in [-0.2, 0) is 13.1 Å². The van der Waals surface area contributed by atoms with E-state index in [1.807, 2.05) is 60.7 Å². The number of carbonyl (C=O) groups is 1. The van der Waals surface area contributed by atoms with Gasteiger partial charge in [-0.1, -0.05) is 72.8 Å². The highest BCUT2D eigenvalue weighted by Crippen LogP contribution is 2.45. The van der Waals surface area contributed by atoms with E-state index in [9.17, 15) is 18.0 Å². The van der Waals surface area contributed by atoms with E-state index in [1.165, 1.54) is 13.3 Å². The van der Waals surface area contributed by atoms with Gasteiger partial charge < -0.3 is 15.0 Å². The quantitative estimate of drug-likeness (QED) is 0.307. The Labute approximate surface area is 218 Å². The van der Waals surface area contributed by atoms with Crippen molar-refractivity contribution in [3.8, 4) is 5.75 Å². The Kier molecular flexibility index (Phi) is 7.09. The van der Waals surface area contributed by atoms with E-state index in [-0.39, 0.29) is 17.8 Å². The summed E-state index contributed by atoms with van der Waals surface area (Å²) in [5, 5.41) is 7.22. The van der Waals surface area contributed by atoms with E-state index < -0.39 is 24.2 Å². The Bertz CT molecular complexity index is 1350. The maximum Gasteiger partial charge on any atom is 0.410 e. The topological polar surface area (TPSA) is 59.4 Å². The minimum absolute atomic E-state index is 0.0579. The molecule has 1 amide bonds. The van der Waals surface area contributed by atoms with E-state index in [2.05, 4.69) is 10.4 Å². The zero-order valence-corrected chi connectivity index (χ0v) is 20.7. The molecule has 0 aliphatic carbocycles. The molecule has 1 aromatic heterocycles. The molecule has 38 heavy (non-hydrogen) atoms. The van der Waals surface area contributed by atoms with Crippen molar-refractivity contribution in [1.82, 2.24) is 14.7 Å². The second-order valence-corrected chi connectivity index (χ2v) is 9.25. The van der Waals surface area contributed by atoms with Crippen molar-refractivity contribution in [2.45, 2.75) is 37.8 Å². The number of fused-ring (bicyclic) bond motifs is 1. The van der Waals surface area contributed by atoms with Crippen LogP contribution < -0.4 is 10.1 Å². The molecule has 2 atom stereocenters. The molecule has 0 fully saturated rings. The number of rotatable bonds is 7. The van der Waals surface area contributed by atoms with Crippen LogP contribution in [-0.4, -0.2) is 33.9 Å². The SMILES string of the molecule is COc1cccc([C@H]2C[C@@H](C(F)(F)F)n3ncc(C(=O)N(Cc4ccccc4)Cc4ccccc4)c3N2)c1. The first-order chi connectivity index (χ1) is 18.3. The number of aromatic nitrogens is 2. The van der Waals surface area contributed by atoms with E-state index in [0.717, 1.165) is 15.8 Å². The summed E-state index contributed by atoms with van der Waals surface area (Å²) < 4.78 is 48.7. The number of carbonyl (C=O) groups excluding carboxylic acids is 1. The number of halogens is 3. The van der Waals surface area contributed by atoms with Gasteiger partial charge in [0.2, 0.25) is 0 Å². The maximum absolute atomic E-state index is 14.2. The molecule has 4 aromatic rings. The smallest absolute Gasteiger partial charge is 0.410 e. The molecule has 1 aliphatic rings. The Morgan fingerprint density at radius 1 is 1.00 bits per heavy atom. The molecule has 0 saturated carbocycles. The standard InChI is InChI=1S/C29H27F3N4O2/c1-38-23-14-8-13-22(15-23)25-16-26(29(30,31)32)36-27(34-25)24(17-33-36)28(37)35(18-20-9-4-2-5-10-20)19-21-11-6-3-7-12-21/h2-15,17,25-26,34H,16,18-19H2,1H3/t25-,26+/m1/s1. The van der Waals surface area contributed by atoms with Crippen molar-refractivity contribution in [3.63, 3.8) is 0 Å². The molecular formula is C29H27F3N4O2. The molecule has 0 unspecified atom stereocenters. The molecule has 0 spiro atoms. The van der Waals surface area contributed by atoms with E-state index in [0.29, 0.717) is 24.4 Å². The largest absolute Gasteiger partial charge is 0.497 e. The molecule has 9 heteroatoms. The molecule has 5 rings (SSSR count). The van der Waals surface area contributed by atoms with Crippen LogP contribution >= 0.6 is 0 Å². The van der Waals surface area contributed by atoms with Crippen LogP contribution in [0.1, 0.15) is 45.6 Å². The number of hydrogen-bond donors (Lipinski definition) is 1. The molecular weight excluding hydrogens is 493 g/mol. The van der Waals surface area contributed by atoms with Gasteiger partial charge in [-0.2, -0.15) is 18.3 Å². The summed E-state index contributed by atoms with van der Waals surface area (Å²) in [4.78, 5) is 15.5. The summed E-state index contributed by atoms with van der Waals surface area (Å²) in [7, 11) is 1.51. The summed E-state index contributed by atoms with van der Waals surface area (Å²) in [5.74, 6) is 0.196. The Morgan fingerprint density at radius 3 is 2.21 bits per heavy atom. The predicted molar refractivity (Wildman–Crippen MR) is 138 cm³/mol. The fraction of sp³-hybridized carbons (Fsp3) is 0.241. The van der Waals surface area contributed by atoms with E-state index in [1.54, 1.807) is 29.2 Å². The number of benzene rings is 3. The van der Waals surface area contributed by atoms with Crippen molar-refractivity contribution in [2.75, 3.05) is 12.4 Å². The third kappa shape index (κ3) is 5.37. The summed E-state index contributed by atoms with van der Waals surface area (Å²) in [6.45, 7) is 0.586. The summed E-state index contributed by atoms with van der Waals surface area (Å²) in [6, 6.07) is 23.3. The predicted octanol–water partition coefficient (Wildman–Crippen LogP) is 6.39. The monoisotopic (exact) mass is 520 g/mol. The molecule has 3 aromatic carbocycles. The number of hydrogen-bond acceptors (Lipinski definition) is 4. The number of alkyl halides is 3. The highest BCUT2D eigenvalue weighted by molar-refractivity contribution is 5.99. The van der Waals surface area contributed by atoms with Crippen molar-refractivity contribution in [1.29, 1.82) is 0 Å². The van der Waals surface area contributed by atoms with Gasteiger partial charge in [-0.25, -0.2) is 4.68 Å². The van der Waals surface area contributed by atoms with Gasteiger partial charge in [0.1, 0.15) is 17.1 Å². The minimum Gasteiger partial charge on any atom is -0.497 e. The first-order valence-corrected chi connectivity index (χ1v) is 12.3. The summed E-state index contributed by atoms with van der Waals surface area (Å²) in [5.41, 5.74) is 2.55. The Balaban J connectivity index is 1.52. The number of amides is 1. The lowest BCUT2D eigenvalue weighted by molar-refractivity contribution is -0.173. The molecule has 1 aliphatic heterocycles. The van der Waals surface area contributed by atoms with E-state index >= 15 is 0 Å². The third-order valence-corrected chi connectivity index (χ3v) is 6.68. The van der Waals surface area contributed by atoms with Gasteiger partial charge in [0.15, 0.2) is 6.04 Å². The molecule has 0 radical (unpaired) electrons. The molecule has 0 bridgehead atoms. The lowest BCUT2D eigenvalue weighted by Crippen LogP contribution is -2.37. The minimum atomic E-state index is -4.55. The van der Waals surface area contributed by atoms with Gasteiger partial charge in [0, 0.05) is 19.5 Å². The molecule has 6 nitrogen and oxygen atoms in total. The first-order valence-electron chi connectivity index (χ1n) is 12.3. The molecule has 196 valence electrons. The van der Waals surface area contributed by atoms with Crippen LogP contribution in [0.5, 0.6) is 5.75 Å². The van der Waals surface area contributed by atoms with Crippen LogP contribution in [0.2, 0.25) is 0 Å². The Morgan fingerprint density at radius 2 is 1.63 bits per heavy atom. The lowest BCUT2D eigenvalue weighted by atomic mass is 9.96. The fourth-order valence-corrected chi connectivity index (χ4v) is 4.77. The van der Waals surface area contributed by atoms with Crippen molar-refractivity contribution in [3.05, 3.63) is 113 Å². The van der Waals surface area contributed by atoms with Gasteiger partial charge >= 0.3 is 6.18 Å². The number of ether oxygens (including phenoxy) is 1. The van der Waals surface area contributed by atoms with Crippen molar-refractivity contribution < 1.29 is 22.7 Å². The second-order valence-electron chi connectivity index (χ2n) is 9.25. The van der Waals surface area contributed by atoms with Gasteiger partial charge in [-0.3, -0.25) is 4.79 Å². The van der Waals surface area contributed by atoms with Gasteiger partial charge in [-0.15, -0.1) is 0 Å². The second kappa shape index (κ2) is 10.6. The van der Waals surface area contributed by atoms with Gasteiger partial charge in [0.05, 0.1) is 19.3 Å². The highest BCUT2D eigenvalue weighted by atomic mass is 19.4. The molecule has 2 heterocycles. The number of methoxy groups -OCH3 is 1. The normalized spacial score (nSPS) is 16.8. The third-order valence-electron chi connectivity index (χ3n) is 6.68. The number of nitrogens with zero attached hydrogens (tertiary/aromatic N) is 3. The van der Waals surface area contributed by atoms with Crippen LogP contribution in [0.4, 0.5) is 19.0 Å². The molecule has 1 N–H and O–H groups in total. The lowest BCUT2D eigenvalue weighted by Gasteiger charge is -2.34. The van der Waals surface area contributed by atoms with Gasteiger partial charge in [-0.05, 0) is 28.8 Å². The van der Waals surface area contributed by atoms with E-state index in [4.69, 9.17) is 4.74 Å². The van der Waals surface area contributed by atoms with Crippen molar-refractivity contribution >= 4 is 11.7 Å². The van der Waals surface area contributed by atoms with Crippen LogP contribution in [0.3, 0.4) is 0 Å². The number of anilines is 1. The fourth-order valence-electron chi connectivity index (χ4n) is 4.77. The van der Waals surface area contributed by atoms with Crippen LogP contribution in [0.25, 0.3) is 0 Å². The number of nitrogens with one attached hydrogen (secondary N) is 1. The summed E-state index contributed by atoms with van der Waals surface area (Å²) in [6.07, 6.45) is -3.58. The van der Waals surface area contributed by atoms with Gasteiger partial charge in [0.25, 0.3) is 5.91 Å². The van der Waals surface area contributed by atoms with Crippen LogP contribution in [0.15, 0.2) is 91.1 Å². The summed E-state index contributed by atoms with van der Waals surface area (Å²) >= 11 is 0. The maximum atomic E-state index is 14.2. The Hall–Kier alpha value is -4.27.